The summed E-state index contributed by atoms with van der Waals surface area (Å²) in [6, 6.07) is 11.6. The van der Waals surface area contributed by atoms with Gasteiger partial charge in [-0.1, -0.05) is 41.9 Å². The minimum Gasteiger partial charge on any atom is -0.325 e. The van der Waals surface area contributed by atoms with Crippen molar-refractivity contribution in [2.75, 3.05) is 18.9 Å². The molecule has 0 aliphatic carbocycles. The summed E-state index contributed by atoms with van der Waals surface area (Å²) in [6.07, 6.45) is -3.31. The Balaban J connectivity index is 2.05. The number of likely N-dealkylation sites (N-methyl/N-ethyl adjacent to an activating group) is 1. The molecule has 2 aromatic rings. The lowest BCUT2D eigenvalue weighted by Gasteiger charge is -2.15. The predicted molar refractivity (Wildman–Crippen MR) is 102 cm³/mol. The monoisotopic (exact) mass is 432 g/mol. The van der Waals surface area contributed by atoms with Crippen molar-refractivity contribution in [3.8, 4) is 0 Å². The lowest BCUT2D eigenvalue weighted by atomic mass is 10.2. The number of carbonyl (C=O) groups is 1. The topological polar surface area (TPSA) is 66.5 Å². The zero-order valence-corrected chi connectivity index (χ0v) is 16.1. The van der Waals surface area contributed by atoms with E-state index in [-0.39, 0.29) is 5.69 Å². The highest BCUT2D eigenvalue weighted by Gasteiger charge is 2.33. The molecule has 5 nitrogen and oxygen atoms in total. The van der Waals surface area contributed by atoms with Gasteiger partial charge in [0.25, 0.3) is 0 Å². The van der Waals surface area contributed by atoms with E-state index < -0.39 is 39.2 Å². The van der Waals surface area contributed by atoms with Crippen molar-refractivity contribution in [1.82, 2.24) is 4.31 Å². The average Bonchev–Trinajstić information content (AvgIpc) is 2.61. The molecule has 0 spiro atoms. The van der Waals surface area contributed by atoms with Crippen LogP contribution >= 0.6 is 11.6 Å². The number of sulfonamides is 1. The number of carbonyl (C=O) groups excluding carboxylic acids is 1. The van der Waals surface area contributed by atoms with Crippen LogP contribution in [0, 0.1) is 0 Å². The molecule has 2 rings (SSSR count). The molecule has 0 saturated carbocycles. The average molecular weight is 433 g/mol. The molecule has 28 heavy (non-hydrogen) atoms. The molecule has 0 aromatic heterocycles. The van der Waals surface area contributed by atoms with E-state index in [1.165, 1.54) is 19.2 Å². The van der Waals surface area contributed by atoms with Gasteiger partial charge < -0.3 is 5.32 Å². The third-order valence-corrected chi connectivity index (χ3v) is 5.40. The Morgan fingerprint density at radius 2 is 1.82 bits per heavy atom. The molecule has 0 heterocycles. The molecule has 0 atom stereocenters. The van der Waals surface area contributed by atoms with Crippen LogP contribution in [-0.2, 0) is 21.0 Å². The summed E-state index contributed by atoms with van der Waals surface area (Å²) < 4.78 is 63.8. The van der Waals surface area contributed by atoms with Crippen LogP contribution < -0.4 is 5.32 Å². The molecule has 0 radical (unpaired) electrons. The second kappa shape index (κ2) is 8.76. The van der Waals surface area contributed by atoms with Gasteiger partial charge in [0.1, 0.15) is 0 Å². The molecule has 0 bridgehead atoms. The minimum absolute atomic E-state index is 0.146. The highest BCUT2D eigenvalue weighted by atomic mass is 35.5. The van der Waals surface area contributed by atoms with Crippen LogP contribution in [0.5, 0.6) is 0 Å². The van der Waals surface area contributed by atoms with E-state index in [1.807, 2.05) is 0 Å². The third-order valence-electron chi connectivity index (χ3n) is 3.59. The van der Waals surface area contributed by atoms with Gasteiger partial charge in [-0.25, -0.2) is 8.42 Å². The first-order valence-electron chi connectivity index (χ1n) is 7.85. The zero-order chi connectivity index (χ0) is 20.9. The van der Waals surface area contributed by atoms with Crippen LogP contribution in [-0.4, -0.2) is 32.2 Å². The molecule has 150 valence electrons. The van der Waals surface area contributed by atoms with Crippen molar-refractivity contribution in [3.63, 3.8) is 0 Å². The fourth-order valence-corrected chi connectivity index (χ4v) is 3.20. The molecular weight excluding hydrogens is 417 g/mol. The standard InChI is InChI=1S/C18H16ClF3N2O3S/c1-24(28(26,27)10-9-13-5-3-2-4-6-13)12-17(25)23-14-7-8-16(19)15(11-14)18(20,21)22/h2-11H,12H2,1H3,(H,23,25). The number of nitrogens with zero attached hydrogens (tertiary/aromatic N) is 1. The molecule has 0 fully saturated rings. The third kappa shape index (κ3) is 6.08. The van der Waals surface area contributed by atoms with E-state index >= 15 is 0 Å². The molecule has 0 saturated heterocycles. The van der Waals surface area contributed by atoms with E-state index in [1.54, 1.807) is 30.3 Å². The van der Waals surface area contributed by atoms with Crippen molar-refractivity contribution in [1.29, 1.82) is 0 Å². The number of benzene rings is 2. The van der Waals surface area contributed by atoms with Gasteiger partial charge >= 0.3 is 6.18 Å². The van der Waals surface area contributed by atoms with Crippen LogP contribution in [0.3, 0.4) is 0 Å². The normalized spacial score (nSPS) is 12.5. The van der Waals surface area contributed by atoms with E-state index in [4.69, 9.17) is 11.6 Å². The largest absolute Gasteiger partial charge is 0.417 e. The van der Waals surface area contributed by atoms with Crippen LogP contribution in [0.25, 0.3) is 6.08 Å². The van der Waals surface area contributed by atoms with Crippen molar-refractivity contribution >= 4 is 39.3 Å². The quantitative estimate of drug-likeness (QED) is 0.742. The summed E-state index contributed by atoms with van der Waals surface area (Å²) in [7, 11) is -2.71. The maximum Gasteiger partial charge on any atom is 0.417 e. The van der Waals surface area contributed by atoms with Gasteiger partial charge in [0, 0.05) is 18.1 Å². The molecule has 2 aromatic carbocycles. The van der Waals surface area contributed by atoms with Crippen molar-refractivity contribution in [3.05, 3.63) is 70.1 Å². The lowest BCUT2D eigenvalue weighted by Crippen LogP contribution is -2.33. The zero-order valence-electron chi connectivity index (χ0n) is 14.6. The number of rotatable bonds is 6. The Kier molecular flexibility index (Phi) is 6.87. The number of nitrogens with one attached hydrogen (secondary N) is 1. The summed E-state index contributed by atoms with van der Waals surface area (Å²) in [5.74, 6) is -0.797. The van der Waals surface area contributed by atoms with Crippen molar-refractivity contribution < 1.29 is 26.4 Å². The second-order valence-electron chi connectivity index (χ2n) is 5.75. The maximum atomic E-state index is 12.9. The summed E-state index contributed by atoms with van der Waals surface area (Å²) in [6.45, 7) is -0.578. The first-order chi connectivity index (χ1) is 13.0. The molecule has 1 N–H and O–H groups in total. The van der Waals surface area contributed by atoms with Gasteiger partial charge in [-0.15, -0.1) is 0 Å². The van der Waals surface area contributed by atoms with Crippen LogP contribution in [0.15, 0.2) is 53.9 Å². The number of alkyl halides is 3. The van der Waals surface area contributed by atoms with Gasteiger partial charge in [0.15, 0.2) is 0 Å². The fraction of sp³-hybridized carbons (Fsp3) is 0.167. The number of anilines is 1. The summed E-state index contributed by atoms with van der Waals surface area (Å²) >= 11 is 5.52. The molecular formula is C18H16ClF3N2O3S. The fourth-order valence-electron chi connectivity index (χ4n) is 2.15. The van der Waals surface area contributed by atoms with Gasteiger partial charge in [-0.05, 0) is 29.8 Å². The molecule has 0 aliphatic rings. The first kappa shape index (κ1) is 21.9. The SMILES string of the molecule is CN(CC(=O)Nc1ccc(Cl)c(C(F)(F)F)c1)S(=O)(=O)C=Cc1ccccc1. The molecule has 0 unspecified atom stereocenters. The minimum atomic E-state index is -4.68. The molecule has 1 amide bonds. The number of amides is 1. The Labute approximate surface area is 165 Å². The second-order valence-corrected chi connectivity index (χ2v) is 8.09. The smallest absolute Gasteiger partial charge is 0.325 e. The summed E-state index contributed by atoms with van der Waals surface area (Å²) in [5.41, 5.74) is -0.587. The lowest BCUT2D eigenvalue weighted by molar-refractivity contribution is -0.137. The number of halogens is 4. The summed E-state index contributed by atoms with van der Waals surface area (Å²) in [4.78, 5) is 12.0. The van der Waals surface area contributed by atoms with E-state index in [0.29, 0.717) is 11.6 Å². The summed E-state index contributed by atoms with van der Waals surface area (Å²) in [5, 5.41) is 2.67. The van der Waals surface area contributed by atoms with Crippen molar-refractivity contribution in [2.45, 2.75) is 6.18 Å². The Bertz CT molecular complexity index is 977. The van der Waals surface area contributed by atoms with E-state index in [2.05, 4.69) is 5.32 Å². The van der Waals surface area contributed by atoms with Crippen LogP contribution in [0.1, 0.15) is 11.1 Å². The van der Waals surface area contributed by atoms with Crippen LogP contribution in [0.4, 0.5) is 18.9 Å². The Hall–Kier alpha value is -2.36. The van der Waals surface area contributed by atoms with Gasteiger partial charge in [-0.3, -0.25) is 4.79 Å². The maximum absolute atomic E-state index is 12.9. The first-order valence-corrected chi connectivity index (χ1v) is 9.73. The Morgan fingerprint density at radius 1 is 1.18 bits per heavy atom. The van der Waals surface area contributed by atoms with Gasteiger partial charge in [0.05, 0.1) is 17.1 Å². The highest BCUT2D eigenvalue weighted by molar-refractivity contribution is 7.92. The molecule has 10 heteroatoms. The van der Waals surface area contributed by atoms with Crippen molar-refractivity contribution in [2.24, 2.45) is 0 Å². The number of hydrogen-bond acceptors (Lipinski definition) is 3. The predicted octanol–water partition coefficient (Wildman–Crippen LogP) is 4.23. The highest BCUT2D eigenvalue weighted by Crippen LogP contribution is 2.36. The Morgan fingerprint density at radius 3 is 2.43 bits per heavy atom. The van der Waals surface area contributed by atoms with E-state index in [9.17, 15) is 26.4 Å². The van der Waals surface area contributed by atoms with Gasteiger partial charge in [0.2, 0.25) is 15.9 Å². The molecule has 0 aliphatic heterocycles. The van der Waals surface area contributed by atoms with E-state index in [0.717, 1.165) is 15.8 Å². The van der Waals surface area contributed by atoms with Crippen LogP contribution in [0.2, 0.25) is 5.02 Å². The number of hydrogen-bond donors (Lipinski definition) is 1. The van der Waals surface area contributed by atoms with Gasteiger partial charge in [-0.2, -0.15) is 17.5 Å².